The molecule has 3 N–H and O–H groups in total. The molecule has 3 rings (SSSR count). The number of amides is 1. The van der Waals surface area contributed by atoms with Gasteiger partial charge in [0.25, 0.3) is 0 Å². The van der Waals surface area contributed by atoms with Gasteiger partial charge >= 0.3 is 0 Å². The molecule has 18 heavy (non-hydrogen) atoms. The second-order valence-electron chi connectivity index (χ2n) is 3.75. The maximum Gasteiger partial charge on any atom is 0.240 e. The molecule has 0 bridgehead atoms. The van der Waals surface area contributed by atoms with E-state index in [0.717, 1.165) is 16.1 Å². The van der Waals surface area contributed by atoms with E-state index in [2.05, 4.69) is 20.5 Å². The van der Waals surface area contributed by atoms with Crippen LogP contribution in [0, 0.1) is 0 Å². The molecule has 7 heteroatoms. The molecule has 2 aromatic rings. The minimum absolute atomic E-state index is 0.00461. The van der Waals surface area contributed by atoms with E-state index in [1.165, 1.54) is 18.0 Å². The highest BCUT2D eigenvalue weighted by Gasteiger charge is 2.16. The van der Waals surface area contributed by atoms with Gasteiger partial charge in [0.2, 0.25) is 11.9 Å². The van der Waals surface area contributed by atoms with Gasteiger partial charge in [-0.25, -0.2) is 4.98 Å². The van der Waals surface area contributed by atoms with Crippen molar-refractivity contribution in [1.82, 2.24) is 15.2 Å². The standard InChI is InChI=1S/C11H9N5OS/c12-11-15-8(4-13-16-11)6-1-2-9-7(3-6)14-10(17)5-18-9/h1-4H,5H2,(H,14,17)(H2,12,15,16). The molecular weight excluding hydrogens is 250 g/mol. The maximum absolute atomic E-state index is 11.3. The molecule has 90 valence electrons. The van der Waals surface area contributed by atoms with Gasteiger partial charge in [0, 0.05) is 10.5 Å². The Hall–Kier alpha value is -2.15. The van der Waals surface area contributed by atoms with Crippen LogP contribution in [-0.2, 0) is 4.79 Å². The molecule has 1 aromatic carbocycles. The predicted molar refractivity (Wildman–Crippen MR) is 69.0 cm³/mol. The fourth-order valence-corrected chi connectivity index (χ4v) is 2.49. The van der Waals surface area contributed by atoms with Crippen LogP contribution in [0.2, 0.25) is 0 Å². The lowest BCUT2D eigenvalue weighted by Gasteiger charge is -2.16. The van der Waals surface area contributed by atoms with Gasteiger partial charge in [0.15, 0.2) is 0 Å². The van der Waals surface area contributed by atoms with Gasteiger partial charge in [-0.1, -0.05) is 6.07 Å². The molecule has 0 aliphatic carbocycles. The largest absolute Gasteiger partial charge is 0.366 e. The Balaban J connectivity index is 2.04. The van der Waals surface area contributed by atoms with Gasteiger partial charge < -0.3 is 11.1 Å². The Morgan fingerprint density at radius 2 is 2.28 bits per heavy atom. The molecule has 0 saturated heterocycles. The van der Waals surface area contributed by atoms with Crippen LogP contribution in [0.25, 0.3) is 11.3 Å². The number of anilines is 2. The van der Waals surface area contributed by atoms with Crippen molar-refractivity contribution in [3.8, 4) is 11.3 Å². The summed E-state index contributed by atoms with van der Waals surface area (Å²) < 4.78 is 0. The smallest absolute Gasteiger partial charge is 0.240 e. The molecule has 0 fully saturated rings. The van der Waals surface area contributed by atoms with Crippen molar-refractivity contribution in [2.75, 3.05) is 16.8 Å². The molecule has 1 amide bonds. The summed E-state index contributed by atoms with van der Waals surface area (Å²) in [5, 5.41) is 10.2. The number of nitrogens with zero attached hydrogens (tertiary/aromatic N) is 3. The Labute approximate surface area is 107 Å². The van der Waals surface area contributed by atoms with Crippen LogP contribution in [0.5, 0.6) is 0 Å². The number of carbonyl (C=O) groups excluding carboxylic acids is 1. The Morgan fingerprint density at radius 1 is 1.39 bits per heavy atom. The summed E-state index contributed by atoms with van der Waals surface area (Å²) in [7, 11) is 0. The minimum Gasteiger partial charge on any atom is -0.366 e. The van der Waals surface area contributed by atoms with Crippen molar-refractivity contribution < 1.29 is 4.79 Å². The van der Waals surface area contributed by atoms with Gasteiger partial charge in [0.1, 0.15) is 0 Å². The molecule has 2 heterocycles. The molecule has 1 aliphatic heterocycles. The van der Waals surface area contributed by atoms with Crippen molar-refractivity contribution in [1.29, 1.82) is 0 Å². The first-order chi connectivity index (χ1) is 8.72. The van der Waals surface area contributed by atoms with Gasteiger partial charge in [-0.05, 0) is 12.1 Å². The number of thioether (sulfide) groups is 1. The van der Waals surface area contributed by atoms with Crippen LogP contribution in [0.4, 0.5) is 11.6 Å². The fraction of sp³-hybridized carbons (Fsp3) is 0.0909. The summed E-state index contributed by atoms with van der Waals surface area (Å²) in [6, 6.07) is 5.74. The van der Waals surface area contributed by atoms with Crippen molar-refractivity contribution >= 4 is 29.3 Å². The molecule has 6 nitrogen and oxygen atoms in total. The van der Waals surface area contributed by atoms with E-state index in [4.69, 9.17) is 5.73 Å². The number of rotatable bonds is 1. The van der Waals surface area contributed by atoms with Crippen molar-refractivity contribution in [2.24, 2.45) is 0 Å². The van der Waals surface area contributed by atoms with Crippen LogP contribution < -0.4 is 11.1 Å². The monoisotopic (exact) mass is 259 g/mol. The van der Waals surface area contributed by atoms with Crippen LogP contribution in [0.3, 0.4) is 0 Å². The third-order valence-electron chi connectivity index (χ3n) is 2.48. The third kappa shape index (κ3) is 2.00. The number of hydrogen-bond donors (Lipinski definition) is 2. The Kier molecular flexibility index (Phi) is 2.60. The topological polar surface area (TPSA) is 93.8 Å². The molecular formula is C11H9N5OS. The highest BCUT2D eigenvalue weighted by Crippen LogP contribution is 2.34. The number of nitrogens with two attached hydrogens (primary N) is 1. The molecule has 1 aliphatic rings. The zero-order valence-corrected chi connectivity index (χ0v) is 10.1. The molecule has 0 spiro atoms. The summed E-state index contributed by atoms with van der Waals surface area (Å²) in [4.78, 5) is 16.5. The van der Waals surface area contributed by atoms with E-state index < -0.39 is 0 Å². The summed E-state index contributed by atoms with van der Waals surface area (Å²) in [6.45, 7) is 0. The van der Waals surface area contributed by atoms with E-state index in [9.17, 15) is 4.79 Å². The lowest BCUT2D eigenvalue weighted by atomic mass is 10.1. The van der Waals surface area contributed by atoms with Crippen LogP contribution >= 0.6 is 11.8 Å². The summed E-state index contributed by atoms with van der Waals surface area (Å²) in [5.74, 6) is 0.586. The zero-order chi connectivity index (χ0) is 12.5. The zero-order valence-electron chi connectivity index (χ0n) is 9.25. The van der Waals surface area contributed by atoms with E-state index in [1.807, 2.05) is 18.2 Å². The van der Waals surface area contributed by atoms with Crippen LogP contribution in [-0.4, -0.2) is 26.8 Å². The Bertz CT molecular complexity index is 631. The second kappa shape index (κ2) is 4.26. The number of nitrogen functional groups attached to an aromatic ring is 1. The summed E-state index contributed by atoms with van der Waals surface area (Å²) in [6.07, 6.45) is 1.54. The first-order valence-corrected chi connectivity index (χ1v) is 6.23. The number of fused-ring (bicyclic) bond motifs is 1. The normalized spacial score (nSPS) is 13.9. The van der Waals surface area contributed by atoms with Gasteiger partial charge in [0.05, 0.1) is 23.3 Å². The van der Waals surface area contributed by atoms with Gasteiger partial charge in [-0.3, -0.25) is 4.79 Å². The van der Waals surface area contributed by atoms with Crippen LogP contribution in [0.1, 0.15) is 0 Å². The van der Waals surface area contributed by atoms with Crippen molar-refractivity contribution in [3.63, 3.8) is 0 Å². The highest BCUT2D eigenvalue weighted by molar-refractivity contribution is 8.00. The lowest BCUT2D eigenvalue weighted by molar-refractivity contribution is -0.113. The lowest BCUT2D eigenvalue weighted by Crippen LogP contribution is -2.18. The van der Waals surface area contributed by atoms with E-state index in [1.54, 1.807) is 0 Å². The number of carbonyl (C=O) groups is 1. The molecule has 1 aromatic heterocycles. The number of hydrogen-bond acceptors (Lipinski definition) is 6. The molecule has 0 saturated carbocycles. The van der Waals surface area contributed by atoms with Crippen molar-refractivity contribution in [3.05, 3.63) is 24.4 Å². The molecule has 0 radical (unpaired) electrons. The summed E-state index contributed by atoms with van der Waals surface area (Å²) >= 11 is 1.52. The number of benzene rings is 1. The number of aromatic nitrogens is 3. The van der Waals surface area contributed by atoms with Crippen LogP contribution in [0.15, 0.2) is 29.3 Å². The van der Waals surface area contributed by atoms with E-state index in [-0.39, 0.29) is 11.9 Å². The second-order valence-corrected chi connectivity index (χ2v) is 4.76. The van der Waals surface area contributed by atoms with Gasteiger partial charge in [-0.2, -0.15) is 5.10 Å². The predicted octanol–water partition coefficient (Wildman–Crippen LogP) is 1.16. The summed E-state index contributed by atoms with van der Waals surface area (Å²) in [5.41, 5.74) is 7.77. The molecule has 0 atom stereocenters. The quantitative estimate of drug-likeness (QED) is 0.798. The fourth-order valence-electron chi connectivity index (χ4n) is 1.70. The van der Waals surface area contributed by atoms with Crippen molar-refractivity contribution in [2.45, 2.75) is 4.90 Å². The van der Waals surface area contributed by atoms with E-state index in [0.29, 0.717) is 11.4 Å². The molecule has 0 unspecified atom stereocenters. The Morgan fingerprint density at radius 3 is 3.11 bits per heavy atom. The number of nitrogens with one attached hydrogen (secondary N) is 1. The third-order valence-corrected chi connectivity index (χ3v) is 3.56. The minimum atomic E-state index is 0.00461. The van der Waals surface area contributed by atoms with Gasteiger partial charge in [-0.15, -0.1) is 16.9 Å². The SMILES string of the molecule is Nc1nncc(-c2ccc3c(c2)NC(=O)CS3)n1. The first-order valence-electron chi connectivity index (χ1n) is 5.24. The first kappa shape index (κ1) is 11.0. The highest BCUT2D eigenvalue weighted by atomic mass is 32.2. The average molecular weight is 259 g/mol. The average Bonchev–Trinajstić information content (AvgIpc) is 2.38. The van der Waals surface area contributed by atoms with E-state index >= 15 is 0 Å². The maximum atomic E-state index is 11.3.